The fraction of sp³-hybridized carbons (Fsp3) is 1.00. The van der Waals surface area contributed by atoms with Gasteiger partial charge in [-0.25, -0.2) is 8.42 Å². The van der Waals surface area contributed by atoms with E-state index in [1.165, 1.54) is 0 Å². The maximum Gasteiger partial charge on any atom is 0.214 e. The van der Waals surface area contributed by atoms with Gasteiger partial charge in [0.15, 0.2) is 0 Å². The van der Waals surface area contributed by atoms with Crippen molar-refractivity contribution in [3.63, 3.8) is 0 Å². The van der Waals surface area contributed by atoms with E-state index >= 15 is 0 Å². The molecule has 0 unspecified atom stereocenters. The molecule has 0 aromatic heterocycles. The topological polar surface area (TPSA) is 63.4 Å². The van der Waals surface area contributed by atoms with Crippen LogP contribution in [0.5, 0.6) is 0 Å². The summed E-state index contributed by atoms with van der Waals surface area (Å²) in [6, 6.07) is 0. The summed E-state index contributed by atoms with van der Waals surface area (Å²) in [6.07, 6.45) is 3.06. The molecule has 116 valence electrons. The maximum atomic E-state index is 12.6. The van der Waals surface area contributed by atoms with Crippen molar-refractivity contribution in [2.45, 2.75) is 65.8 Å². The molecule has 5 heteroatoms. The van der Waals surface area contributed by atoms with Gasteiger partial charge in [-0.1, -0.05) is 34.6 Å². The van der Waals surface area contributed by atoms with Crippen LogP contribution in [-0.2, 0) is 10.0 Å². The molecule has 0 aliphatic carbocycles. The van der Waals surface area contributed by atoms with Gasteiger partial charge in [0.1, 0.15) is 0 Å². The van der Waals surface area contributed by atoms with Gasteiger partial charge in [-0.3, -0.25) is 0 Å². The van der Waals surface area contributed by atoms with E-state index in [0.717, 1.165) is 19.3 Å². The molecule has 0 fully saturated rings. The lowest BCUT2D eigenvalue weighted by Crippen LogP contribution is -2.56. The van der Waals surface area contributed by atoms with Gasteiger partial charge in [0.05, 0.1) is 5.75 Å². The number of nitrogens with zero attached hydrogens (tertiary/aromatic N) is 1. The second-order valence-corrected chi connectivity index (χ2v) is 7.72. The van der Waals surface area contributed by atoms with Crippen LogP contribution in [0.15, 0.2) is 0 Å². The molecule has 0 radical (unpaired) electrons. The summed E-state index contributed by atoms with van der Waals surface area (Å²) >= 11 is 0. The molecule has 4 nitrogen and oxygen atoms in total. The van der Waals surface area contributed by atoms with Gasteiger partial charge in [-0.2, -0.15) is 4.31 Å². The van der Waals surface area contributed by atoms with E-state index in [2.05, 4.69) is 13.8 Å². The Morgan fingerprint density at radius 3 is 2.00 bits per heavy atom. The van der Waals surface area contributed by atoms with E-state index in [9.17, 15) is 8.42 Å². The summed E-state index contributed by atoms with van der Waals surface area (Å²) in [7, 11) is -3.22. The minimum absolute atomic E-state index is 0.229. The maximum absolute atomic E-state index is 12.6. The fourth-order valence-electron chi connectivity index (χ4n) is 2.36. The van der Waals surface area contributed by atoms with E-state index in [1.807, 2.05) is 20.8 Å². The minimum Gasteiger partial charge on any atom is -0.329 e. The quantitative estimate of drug-likeness (QED) is 0.673. The molecule has 0 rings (SSSR count). The Morgan fingerprint density at radius 1 is 1.16 bits per heavy atom. The van der Waals surface area contributed by atoms with Crippen molar-refractivity contribution in [3.05, 3.63) is 0 Å². The van der Waals surface area contributed by atoms with Gasteiger partial charge in [0.2, 0.25) is 10.0 Å². The molecule has 0 saturated heterocycles. The highest BCUT2D eigenvalue weighted by Crippen LogP contribution is 2.27. The van der Waals surface area contributed by atoms with Crippen LogP contribution in [-0.4, -0.2) is 37.1 Å². The molecule has 0 heterocycles. The monoisotopic (exact) mass is 292 g/mol. The first kappa shape index (κ1) is 18.9. The van der Waals surface area contributed by atoms with Crippen molar-refractivity contribution in [1.82, 2.24) is 4.31 Å². The molecule has 0 aromatic carbocycles. The normalized spacial score (nSPS) is 13.5. The summed E-state index contributed by atoms with van der Waals surface area (Å²) in [6.45, 7) is 11.1. The summed E-state index contributed by atoms with van der Waals surface area (Å²) < 4.78 is 26.9. The van der Waals surface area contributed by atoms with Gasteiger partial charge in [-0.05, 0) is 31.6 Å². The van der Waals surface area contributed by atoms with Crippen LogP contribution in [0.1, 0.15) is 60.3 Å². The van der Waals surface area contributed by atoms with Crippen LogP contribution in [0.25, 0.3) is 0 Å². The molecule has 0 aliphatic heterocycles. The molecule has 0 atom stereocenters. The van der Waals surface area contributed by atoms with Gasteiger partial charge in [0, 0.05) is 18.6 Å². The van der Waals surface area contributed by atoms with Gasteiger partial charge >= 0.3 is 0 Å². The first-order valence-corrected chi connectivity index (χ1v) is 9.11. The van der Waals surface area contributed by atoms with E-state index in [1.54, 1.807) is 4.31 Å². The Hall–Kier alpha value is -0.130. The third-order valence-electron chi connectivity index (χ3n) is 3.94. The van der Waals surface area contributed by atoms with Crippen LogP contribution < -0.4 is 5.73 Å². The first-order valence-electron chi connectivity index (χ1n) is 7.50. The number of hydrogen-bond acceptors (Lipinski definition) is 3. The molecule has 0 bridgehead atoms. The molecule has 0 amide bonds. The van der Waals surface area contributed by atoms with Crippen LogP contribution in [0.2, 0.25) is 0 Å². The van der Waals surface area contributed by atoms with Crippen LogP contribution >= 0.6 is 0 Å². The summed E-state index contributed by atoms with van der Waals surface area (Å²) in [5, 5.41) is 0. The first-order chi connectivity index (χ1) is 8.79. The van der Waals surface area contributed by atoms with Gasteiger partial charge in [-0.15, -0.1) is 0 Å². The van der Waals surface area contributed by atoms with Gasteiger partial charge < -0.3 is 5.73 Å². The zero-order chi connectivity index (χ0) is 15.1. The Balaban J connectivity index is 5.28. The minimum atomic E-state index is -3.22. The Kier molecular flexibility index (Phi) is 8.17. The van der Waals surface area contributed by atoms with Crippen molar-refractivity contribution in [3.8, 4) is 0 Å². The van der Waals surface area contributed by atoms with E-state index in [4.69, 9.17) is 5.73 Å². The van der Waals surface area contributed by atoms with Crippen molar-refractivity contribution in [2.24, 2.45) is 11.7 Å². The summed E-state index contributed by atoms with van der Waals surface area (Å²) in [4.78, 5) is 0. The van der Waals surface area contributed by atoms with Crippen LogP contribution in [0, 0.1) is 5.92 Å². The molecular weight excluding hydrogens is 260 g/mol. The predicted molar refractivity (Wildman–Crippen MR) is 82.6 cm³/mol. The molecule has 0 aromatic rings. The van der Waals surface area contributed by atoms with Gasteiger partial charge in [0.25, 0.3) is 0 Å². The van der Waals surface area contributed by atoms with Crippen LogP contribution in [0.3, 0.4) is 0 Å². The number of nitrogens with two attached hydrogens (primary N) is 1. The zero-order valence-electron chi connectivity index (χ0n) is 13.3. The largest absolute Gasteiger partial charge is 0.329 e. The second kappa shape index (κ2) is 8.22. The average Bonchev–Trinajstić information content (AvgIpc) is 2.38. The number of sulfonamides is 1. The molecule has 0 aliphatic rings. The molecule has 2 N–H and O–H groups in total. The van der Waals surface area contributed by atoms with Crippen molar-refractivity contribution in [1.29, 1.82) is 0 Å². The van der Waals surface area contributed by atoms with Crippen molar-refractivity contribution < 1.29 is 8.42 Å². The van der Waals surface area contributed by atoms with E-state index in [-0.39, 0.29) is 5.75 Å². The van der Waals surface area contributed by atoms with Crippen molar-refractivity contribution >= 4 is 10.0 Å². The van der Waals surface area contributed by atoms with E-state index in [0.29, 0.717) is 25.4 Å². The fourth-order valence-corrected chi connectivity index (χ4v) is 4.74. The smallest absolute Gasteiger partial charge is 0.214 e. The Morgan fingerprint density at radius 2 is 1.68 bits per heavy atom. The lowest BCUT2D eigenvalue weighted by Gasteiger charge is -2.41. The summed E-state index contributed by atoms with van der Waals surface area (Å²) in [5.41, 5.74) is 5.50. The number of rotatable bonds is 10. The third-order valence-corrected chi connectivity index (χ3v) is 5.93. The highest BCUT2D eigenvalue weighted by Gasteiger charge is 2.39. The highest BCUT2D eigenvalue weighted by atomic mass is 32.2. The third kappa shape index (κ3) is 5.04. The average molecular weight is 292 g/mol. The standard InChI is InChI=1S/C14H32N2O2S/c1-6-10-16(14(7-2,8-3)12-15)19(17,18)11-9-13(4)5/h13H,6-12,15H2,1-5H3. The van der Waals surface area contributed by atoms with Crippen LogP contribution in [0.4, 0.5) is 0 Å². The molecular formula is C14H32N2O2S. The van der Waals surface area contributed by atoms with Crippen molar-refractivity contribution in [2.75, 3.05) is 18.8 Å². The number of hydrogen-bond donors (Lipinski definition) is 1. The Labute approximate surface area is 119 Å². The zero-order valence-corrected chi connectivity index (χ0v) is 14.1. The Bertz CT molecular complexity index is 327. The second-order valence-electron chi connectivity index (χ2n) is 5.71. The predicted octanol–water partition coefficient (Wildman–Crippen LogP) is 2.59. The molecule has 0 spiro atoms. The molecule has 0 saturated carbocycles. The summed E-state index contributed by atoms with van der Waals surface area (Å²) in [5.74, 6) is 0.626. The highest BCUT2D eigenvalue weighted by molar-refractivity contribution is 7.89. The van der Waals surface area contributed by atoms with E-state index < -0.39 is 15.6 Å². The molecule has 19 heavy (non-hydrogen) atoms. The lowest BCUT2D eigenvalue weighted by molar-refractivity contribution is 0.177. The lowest BCUT2D eigenvalue weighted by atomic mass is 9.93. The SMILES string of the molecule is CCCN(C(CC)(CC)CN)S(=O)(=O)CCC(C)C.